The fraction of sp³-hybridized carbons (Fsp3) is 0.944. The minimum absolute atomic E-state index is 0.224. The molecule has 0 aromatic carbocycles. The highest BCUT2D eigenvalue weighted by Gasteiger charge is 2.51. The molecule has 1 amide bonds. The van der Waals surface area contributed by atoms with E-state index in [1.54, 1.807) is 0 Å². The zero-order valence-electron chi connectivity index (χ0n) is 43.3. The van der Waals surface area contributed by atoms with Crippen molar-refractivity contribution in [2.45, 2.75) is 319 Å². The zero-order chi connectivity index (χ0) is 50.1. The van der Waals surface area contributed by atoms with Crippen LogP contribution in [0.2, 0.25) is 0 Å². The molecule has 9 N–H and O–H groups in total. The highest BCUT2D eigenvalue weighted by atomic mass is 31.2. The van der Waals surface area contributed by atoms with Gasteiger partial charge in [-0.2, -0.15) is 0 Å². The van der Waals surface area contributed by atoms with Gasteiger partial charge >= 0.3 is 7.82 Å². The van der Waals surface area contributed by atoms with Gasteiger partial charge in [-0.25, -0.2) is 4.57 Å². The summed E-state index contributed by atoms with van der Waals surface area (Å²) >= 11 is 0. The average molecular weight is 992 g/mol. The van der Waals surface area contributed by atoms with Crippen LogP contribution in [-0.2, 0) is 18.4 Å². The van der Waals surface area contributed by atoms with E-state index < -0.39 is 75.2 Å². The van der Waals surface area contributed by atoms with Gasteiger partial charge in [0, 0.05) is 0 Å². The molecule has 1 aliphatic rings. The molecule has 1 rings (SSSR count). The second-order valence-electron chi connectivity index (χ2n) is 20.3. The van der Waals surface area contributed by atoms with Crippen LogP contribution in [0.5, 0.6) is 0 Å². The molecule has 1 fully saturated rings. The van der Waals surface area contributed by atoms with E-state index >= 15 is 0 Å². The molecular formula is C54H106NO12P. The number of amides is 1. The highest BCUT2D eigenvalue weighted by Crippen LogP contribution is 2.47. The molecule has 8 unspecified atom stereocenters. The molecule has 0 bridgehead atoms. The smallest absolute Gasteiger partial charge is 0.393 e. The summed E-state index contributed by atoms with van der Waals surface area (Å²) in [5.74, 6) is -0.560. The molecule has 0 aromatic rings. The predicted octanol–water partition coefficient (Wildman–Crippen LogP) is 11.3. The van der Waals surface area contributed by atoms with E-state index in [9.17, 15) is 50.0 Å². The van der Waals surface area contributed by atoms with Gasteiger partial charge in [0.1, 0.15) is 36.6 Å². The van der Waals surface area contributed by atoms with Gasteiger partial charge in [0.2, 0.25) is 5.91 Å². The van der Waals surface area contributed by atoms with E-state index in [1.807, 2.05) is 0 Å². The lowest BCUT2D eigenvalue weighted by molar-refractivity contribution is -0.220. The Hall–Kier alpha value is -0.960. The Labute approximate surface area is 414 Å². The summed E-state index contributed by atoms with van der Waals surface area (Å²) < 4.78 is 23.0. The maximum Gasteiger partial charge on any atom is 0.472 e. The third-order valence-electron chi connectivity index (χ3n) is 13.9. The third-order valence-corrected chi connectivity index (χ3v) is 14.9. The quantitative estimate of drug-likeness (QED) is 0.0158. The number of rotatable bonds is 48. The average Bonchev–Trinajstić information content (AvgIpc) is 3.31. The van der Waals surface area contributed by atoms with Crippen LogP contribution in [0.3, 0.4) is 0 Å². The number of hydrogen-bond acceptors (Lipinski definition) is 11. The predicted molar refractivity (Wildman–Crippen MR) is 275 cm³/mol. The molecule has 14 heteroatoms. The van der Waals surface area contributed by atoms with Crippen LogP contribution in [0.25, 0.3) is 0 Å². The van der Waals surface area contributed by atoms with Crippen molar-refractivity contribution in [2.75, 3.05) is 6.61 Å². The molecule has 13 nitrogen and oxygen atoms in total. The minimum atomic E-state index is -5.12. The second kappa shape index (κ2) is 43.6. The van der Waals surface area contributed by atoms with Crippen LogP contribution in [0.1, 0.15) is 264 Å². The standard InChI is InChI=1S/C54H106NO12P/c1-3-5-7-9-11-13-15-17-19-21-23-25-27-29-31-33-35-37-39-41-45(56)43-48(58)55-46(44-66-68(64,65)67-54-52(62)50(60)49(59)51(61)53(54)63)47(57)42-40-38-36-34-32-30-28-26-24-22-20-18-16-14-12-10-8-6-4-2/h25,27,45-47,49-54,56-57,59-63H,3-24,26,28-44H2,1-2H3,(H,55,58)(H,64,65)/b27-25-. The summed E-state index contributed by atoms with van der Waals surface area (Å²) in [4.78, 5) is 23.6. The second-order valence-corrected chi connectivity index (χ2v) is 21.7. The number of phosphoric ester groups is 1. The topological polar surface area (TPSA) is 226 Å². The first-order valence-corrected chi connectivity index (χ1v) is 29.7. The third kappa shape index (κ3) is 34.4. The molecule has 68 heavy (non-hydrogen) atoms. The van der Waals surface area contributed by atoms with Crippen LogP contribution < -0.4 is 5.32 Å². The van der Waals surface area contributed by atoms with Gasteiger partial charge in [0.05, 0.1) is 31.3 Å². The van der Waals surface area contributed by atoms with Crippen LogP contribution in [-0.4, -0.2) is 108 Å². The lowest BCUT2D eigenvalue weighted by atomic mass is 9.85. The van der Waals surface area contributed by atoms with Crippen molar-refractivity contribution in [3.8, 4) is 0 Å². The molecule has 1 saturated carbocycles. The lowest BCUT2D eigenvalue weighted by Gasteiger charge is -2.41. The number of allylic oxidation sites excluding steroid dienone is 2. The zero-order valence-corrected chi connectivity index (χ0v) is 44.2. The van der Waals surface area contributed by atoms with E-state index in [-0.39, 0.29) is 12.8 Å². The molecule has 8 atom stereocenters. The van der Waals surface area contributed by atoms with Crippen LogP contribution in [0, 0.1) is 0 Å². The Morgan fingerprint density at radius 3 is 1.21 bits per heavy atom. The molecule has 0 aliphatic heterocycles. The number of aliphatic hydroxyl groups is 7. The van der Waals surface area contributed by atoms with Crippen LogP contribution in [0.4, 0.5) is 0 Å². The van der Waals surface area contributed by atoms with Gasteiger partial charge in [-0.15, -0.1) is 0 Å². The van der Waals surface area contributed by atoms with E-state index in [2.05, 4.69) is 31.3 Å². The fourth-order valence-electron chi connectivity index (χ4n) is 9.30. The highest BCUT2D eigenvalue weighted by molar-refractivity contribution is 7.47. The molecule has 0 radical (unpaired) electrons. The van der Waals surface area contributed by atoms with Crippen molar-refractivity contribution in [1.29, 1.82) is 0 Å². The first-order chi connectivity index (χ1) is 32.8. The summed E-state index contributed by atoms with van der Waals surface area (Å²) in [6, 6.07) is -1.16. The molecule has 1 aliphatic carbocycles. The number of hydrogen-bond donors (Lipinski definition) is 9. The van der Waals surface area contributed by atoms with Crippen molar-refractivity contribution in [1.82, 2.24) is 5.32 Å². The van der Waals surface area contributed by atoms with Crippen LogP contribution in [0.15, 0.2) is 12.2 Å². The molecule has 0 saturated heterocycles. The summed E-state index contributed by atoms with van der Waals surface area (Å²) in [7, 11) is -5.12. The van der Waals surface area contributed by atoms with Crippen LogP contribution >= 0.6 is 7.82 Å². The summed E-state index contributed by atoms with van der Waals surface area (Å²) in [6.07, 6.45) is 35.3. The molecule has 404 valence electrons. The Bertz CT molecular complexity index is 1210. The van der Waals surface area contributed by atoms with Crippen molar-refractivity contribution < 1.29 is 59.0 Å². The van der Waals surface area contributed by atoms with Gasteiger partial charge in [-0.1, -0.05) is 231 Å². The normalized spacial score (nSPS) is 22.1. The van der Waals surface area contributed by atoms with Gasteiger partial charge in [-0.05, 0) is 38.5 Å². The maximum absolute atomic E-state index is 13.1. The minimum Gasteiger partial charge on any atom is -0.393 e. The van der Waals surface area contributed by atoms with Crippen molar-refractivity contribution >= 4 is 13.7 Å². The lowest BCUT2D eigenvalue weighted by Crippen LogP contribution is -2.64. The number of carbonyl (C=O) groups is 1. The van der Waals surface area contributed by atoms with Crippen molar-refractivity contribution in [3.05, 3.63) is 12.2 Å². The number of aliphatic hydroxyl groups excluding tert-OH is 7. The molecule has 0 aromatic heterocycles. The first kappa shape index (κ1) is 65.1. The number of carbonyl (C=O) groups excluding carboxylic acids is 1. The van der Waals surface area contributed by atoms with Crippen molar-refractivity contribution in [2.24, 2.45) is 0 Å². The van der Waals surface area contributed by atoms with Gasteiger partial charge in [-0.3, -0.25) is 13.8 Å². The van der Waals surface area contributed by atoms with Gasteiger partial charge < -0.3 is 46.0 Å². The largest absolute Gasteiger partial charge is 0.472 e. The Balaban J connectivity index is 2.41. The number of phosphoric acid groups is 1. The van der Waals surface area contributed by atoms with E-state index in [4.69, 9.17) is 9.05 Å². The number of nitrogens with one attached hydrogen (secondary N) is 1. The number of unbranched alkanes of at least 4 members (excludes halogenated alkanes) is 33. The van der Waals surface area contributed by atoms with E-state index in [0.29, 0.717) is 12.8 Å². The van der Waals surface area contributed by atoms with Crippen molar-refractivity contribution in [3.63, 3.8) is 0 Å². The van der Waals surface area contributed by atoms with E-state index in [1.165, 1.54) is 154 Å². The molecule has 0 heterocycles. The summed E-state index contributed by atoms with van der Waals surface area (Å²) in [6.45, 7) is 3.84. The van der Waals surface area contributed by atoms with E-state index in [0.717, 1.165) is 70.6 Å². The molecule has 0 spiro atoms. The Kier molecular flexibility index (Phi) is 41.7. The summed E-state index contributed by atoms with van der Waals surface area (Å²) in [5, 5.41) is 75.0. The maximum atomic E-state index is 13.1. The van der Waals surface area contributed by atoms with Gasteiger partial charge in [0.25, 0.3) is 0 Å². The Morgan fingerprint density at radius 2 is 0.824 bits per heavy atom. The Morgan fingerprint density at radius 1 is 0.500 bits per heavy atom. The monoisotopic (exact) mass is 992 g/mol. The summed E-state index contributed by atoms with van der Waals surface area (Å²) in [5.41, 5.74) is 0. The molecular weight excluding hydrogens is 886 g/mol. The SMILES string of the molecule is CCCCCCCCCCCC/C=C\CCCCCCCC(O)CC(=O)NC(COP(=O)(O)OC1C(O)C(O)C(O)C(O)C1O)C(O)CCCCCCCCCCCCCCCCCCCCC. The fourth-order valence-corrected chi connectivity index (χ4v) is 10.3. The first-order valence-electron chi connectivity index (χ1n) is 28.2. The van der Waals surface area contributed by atoms with Gasteiger partial charge in [0.15, 0.2) is 0 Å².